The molecule has 84 valence electrons. The second-order valence-electron chi connectivity index (χ2n) is 4.05. The molecule has 2 heterocycles. The first-order valence-electron chi connectivity index (χ1n) is 5.32. The van der Waals surface area contributed by atoms with E-state index in [1.807, 2.05) is 6.07 Å². The lowest BCUT2D eigenvalue weighted by atomic mass is 10.2. The summed E-state index contributed by atoms with van der Waals surface area (Å²) in [5, 5.41) is 4.51. The molecule has 0 bridgehead atoms. The van der Waals surface area contributed by atoms with Crippen molar-refractivity contribution in [1.82, 2.24) is 15.3 Å². The molecule has 0 spiro atoms. The Morgan fingerprint density at radius 3 is 2.81 bits per heavy atom. The van der Waals surface area contributed by atoms with Gasteiger partial charge in [-0.1, -0.05) is 23.2 Å². The third-order valence-electron chi connectivity index (χ3n) is 2.93. The molecule has 2 aromatic rings. The van der Waals surface area contributed by atoms with Crippen LogP contribution in [-0.4, -0.2) is 16.5 Å². The van der Waals surface area contributed by atoms with Crippen molar-refractivity contribution in [3.8, 4) is 0 Å². The van der Waals surface area contributed by atoms with Crippen LogP contribution in [0.3, 0.4) is 0 Å². The lowest BCUT2D eigenvalue weighted by Crippen LogP contribution is -2.13. The Morgan fingerprint density at radius 1 is 1.25 bits per heavy atom. The molecular weight excluding hydrogens is 245 g/mol. The molecule has 16 heavy (non-hydrogen) atoms. The lowest BCUT2D eigenvalue weighted by molar-refractivity contribution is 0.614. The van der Waals surface area contributed by atoms with Gasteiger partial charge in [-0.25, -0.2) is 4.98 Å². The maximum absolute atomic E-state index is 5.96. The van der Waals surface area contributed by atoms with Crippen LogP contribution in [0.2, 0.25) is 10.0 Å². The van der Waals surface area contributed by atoms with Crippen molar-refractivity contribution in [1.29, 1.82) is 0 Å². The molecule has 2 N–H and O–H groups in total. The Morgan fingerprint density at radius 2 is 2.06 bits per heavy atom. The molecule has 1 aromatic heterocycles. The largest absolute Gasteiger partial charge is 0.341 e. The third-order valence-corrected chi connectivity index (χ3v) is 3.65. The van der Waals surface area contributed by atoms with Crippen molar-refractivity contribution < 1.29 is 0 Å². The van der Waals surface area contributed by atoms with Gasteiger partial charge in [0.05, 0.1) is 27.1 Å². The molecule has 3 rings (SSSR count). The molecule has 0 saturated carbocycles. The smallest absolute Gasteiger partial charge is 0.124 e. The molecule has 1 aliphatic rings. The molecule has 0 amide bonds. The summed E-state index contributed by atoms with van der Waals surface area (Å²) in [4.78, 5) is 7.82. The molecule has 1 fully saturated rings. The monoisotopic (exact) mass is 255 g/mol. The molecule has 1 aromatic carbocycles. The van der Waals surface area contributed by atoms with E-state index in [0.29, 0.717) is 16.1 Å². The molecular formula is C11H11Cl2N3. The van der Waals surface area contributed by atoms with E-state index >= 15 is 0 Å². The van der Waals surface area contributed by atoms with Crippen LogP contribution in [0.1, 0.15) is 24.7 Å². The number of halogens is 2. The molecule has 3 nitrogen and oxygen atoms in total. The predicted octanol–water partition coefficient (Wildman–Crippen LogP) is 3.29. The number of hydrogen-bond donors (Lipinski definition) is 2. The summed E-state index contributed by atoms with van der Waals surface area (Å²) in [5.74, 6) is 0.978. The predicted molar refractivity (Wildman–Crippen MR) is 66.1 cm³/mol. The molecule has 1 atom stereocenters. The minimum Gasteiger partial charge on any atom is -0.341 e. The summed E-state index contributed by atoms with van der Waals surface area (Å²) in [6.45, 7) is 1.06. The molecule has 5 heteroatoms. The van der Waals surface area contributed by atoms with Crippen molar-refractivity contribution >= 4 is 34.2 Å². The van der Waals surface area contributed by atoms with E-state index in [1.165, 1.54) is 6.42 Å². The van der Waals surface area contributed by atoms with E-state index in [1.54, 1.807) is 6.07 Å². The van der Waals surface area contributed by atoms with Crippen molar-refractivity contribution in [2.24, 2.45) is 0 Å². The summed E-state index contributed by atoms with van der Waals surface area (Å²) in [7, 11) is 0. The first kappa shape index (κ1) is 10.4. The Bertz CT molecular complexity index is 490. The van der Waals surface area contributed by atoms with E-state index in [9.17, 15) is 0 Å². The number of aromatic nitrogens is 2. The Balaban J connectivity index is 2.08. The summed E-state index contributed by atoms with van der Waals surface area (Å²) in [5.41, 5.74) is 1.82. The number of imidazole rings is 1. The van der Waals surface area contributed by atoms with E-state index in [4.69, 9.17) is 23.2 Å². The van der Waals surface area contributed by atoms with Crippen molar-refractivity contribution in [2.45, 2.75) is 18.9 Å². The van der Waals surface area contributed by atoms with E-state index < -0.39 is 0 Å². The van der Waals surface area contributed by atoms with Gasteiger partial charge in [0, 0.05) is 0 Å². The lowest BCUT2D eigenvalue weighted by Gasteiger charge is -2.04. The van der Waals surface area contributed by atoms with Gasteiger partial charge in [-0.15, -0.1) is 0 Å². The number of nitrogens with one attached hydrogen (secondary N) is 2. The van der Waals surface area contributed by atoms with Crippen LogP contribution < -0.4 is 5.32 Å². The van der Waals surface area contributed by atoms with Crippen molar-refractivity contribution in [3.05, 3.63) is 28.0 Å². The fourth-order valence-corrected chi connectivity index (χ4v) is 2.43. The van der Waals surface area contributed by atoms with E-state index in [0.717, 1.165) is 29.8 Å². The van der Waals surface area contributed by atoms with Gasteiger partial charge in [0.15, 0.2) is 0 Å². The Hall–Kier alpha value is -0.770. The van der Waals surface area contributed by atoms with Crippen LogP contribution in [0.25, 0.3) is 11.0 Å². The van der Waals surface area contributed by atoms with E-state index in [-0.39, 0.29) is 0 Å². The Kier molecular flexibility index (Phi) is 2.54. The van der Waals surface area contributed by atoms with Gasteiger partial charge in [0.1, 0.15) is 5.82 Å². The topological polar surface area (TPSA) is 40.7 Å². The molecule has 1 aliphatic heterocycles. The highest BCUT2D eigenvalue weighted by Crippen LogP contribution is 2.29. The number of nitrogens with zero attached hydrogens (tertiary/aromatic N) is 1. The standard InChI is InChI=1S/C11H11Cl2N3/c12-6-4-9-10(5-7(6)13)16-11(15-9)8-2-1-3-14-8/h4-5,8,14H,1-3H2,(H,15,16)/t8-/m0/s1. The van der Waals surface area contributed by atoms with Crippen LogP contribution in [0.4, 0.5) is 0 Å². The highest BCUT2D eigenvalue weighted by Gasteiger charge is 2.19. The van der Waals surface area contributed by atoms with Gasteiger partial charge in [0.2, 0.25) is 0 Å². The van der Waals surface area contributed by atoms with Crippen LogP contribution in [-0.2, 0) is 0 Å². The van der Waals surface area contributed by atoms with E-state index in [2.05, 4.69) is 15.3 Å². The molecule has 0 unspecified atom stereocenters. The SMILES string of the molecule is Clc1cc2nc([C@@H]3CCCN3)[nH]c2cc1Cl. The highest BCUT2D eigenvalue weighted by molar-refractivity contribution is 6.42. The average Bonchev–Trinajstić information content (AvgIpc) is 2.86. The minimum absolute atomic E-state index is 0.338. The summed E-state index contributed by atoms with van der Waals surface area (Å²) in [6, 6.07) is 3.96. The van der Waals surface area contributed by atoms with Gasteiger partial charge in [0.25, 0.3) is 0 Å². The first-order chi connectivity index (χ1) is 7.74. The van der Waals surface area contributed by atoms with Gasteiger partial charge in [-0.2, -0.15) is 0 Å². The maximum atomic E-state index is 5.96. The zero-order valence-electron chi connectivity index (χ0n) is 8.56. The summed E-state index contributed by atoms with van der Waals surface area (Å²) >= 11 is 11.9. The van der Waals surface area contributed by atoms with Crippen molar-refractivity contribution in [2.75, 3.05) is 6.54 Å². The number of benzene rings is 1. The molecule has 0 aliphatic carbocycles. The quantitative estimate of drug-likeness (QED) is 0.821. The maximum Gasteiger partial charge on any atom is 0.124 e. The highest BCUT2D eigenvalue weighted by atomic mass is 35.5. The zero-order chi connectivity index (χ0) is 11.1. The fraction of sp³-hybridized carbons (Fsp3) is 0.364. The van der Waals surface area contributed by atoms with Crippen molar-refractivity contribution in [3.63, 3.8) is 0 Å². The number of hydrogen-bond acceptors (Lipinski definition) is 2. The Labute approximate surface area is 103 Å². The van der Waals surface area contributed by atoms with Gasteiger partial charge < -0.3 is 10.3 Å². The summed E-state index contributed by atoms with van der Waals surface area (Å²) in [6.07, 6.45) is 2.32. The molecule has 1 saturated heterocycles. The number of H-pyrrole nitrogens is 1. The third kappa shape index (κ3) is 1.69. The number of fused-ring (bicyclic) bond motifs is 1. The van der Waals surface area contributed by atoms with Crippen LogP contribution >= 0.6 is 23.2 Å². The first-order valence-corrected chi connectivity index (χ1v) is 6.07. The van der Waals surface area contributed by atoms with Crippen LogP contribution in [0.5, 0.6) is 0 Å². The van der Waals surface area contributed by atoms with Crippen LogP contribution in [0, 0.1) is 0 Å². The fourth-order valence-electron chi connectivity index (χ4n) is 2.11. The van der Waals surface area contributed by atoms with Gasteiger partial charge >= 0.3 is 0 Å². The minimum atomic E-state index is 0.338. The van der Waals surface area contributed by atoms with Gasteiger partial charge in [-0.05, 0) is 31.5 Å². The number of rotatable bonds is 1. The molecule has 0 radical (unpaired) electrons. The summed E-state index contributed by atoms with van der Waals surface area (Å²) < 4.78 is 0. The normalized spacial score (nSPS) is 20.8. The van der Waals surface area contributed by atoms with Gasteiger partial charge in [-0.3, -0.25) is 0 Å². The average molecular weight is 256 g/mol. The zero-order valence-corrected chi connectivity index (χ0v) is 10.1. The second-order valence-corrected chi connectivity index (χ2v) is 4.87. The number of aromatic amines is 1. The van der Waals surface area contributed by atoms with Crippen LogP contribution in [0.15, 0.2) is 12.1 Å². The second kappa shape index (κ2) is 3.91.